The molecule has 17 heavy (non-hydrogen) atoms. The van der Waals surface area contributed by atoms with E-state index >= 15 is 0 Å². The van der Waals surface area contributed by atoms with Gasteiger partial charge in [0.15, 0.2) is 0 Å². The van der Waals surface area contributed by atoms with Gasteiger partial charge in [0.25, 0.3) is 0 Å². The molecule has 0 atom stereocenters. The fourth-order valence-corrected chi connectivity index (χ4v) is 1.38. The second-order valence-corrected chi connectivity index (χ2v) is 5.02. The van der Waals surface area contributed by atoms with Gasteiger partial charge < -0.3 is 15.5 Å². The number of hydrogen-bond acceptors (Lipinski definition) is 3. The summed E-state index contributed by atoms with van der Waals surface area (Å²) >= 11 is 0. The molecule has 5 heteroatoms. The van der Waals surface area contributed by atoms with Crippen LogP contribution < -0.4 is 5.32 Å². The Labute approximate surface area is 102 Å². The van der Waals surface area contributed by atoms with Crippen LogP contribution in [0.3, 0.4) is 0 Å². The van der Waals surface area contributed by atoms with Crippen LogP contribution in [0, 0.1) is 5.41 Å². The number of carboxylic acids is 1. The average molecular weight is 245 g/mol. The third-order valence-electron chi connectivity index (χ3n) is 2.60. The monoisotopic (exact) mass is 245 g/mol. The molecule has 0 heterocycles. The molecular weight excluding hydrogens is 222 g/mol. The first-order valence-corrected chi connectivity index (χ1v) is 5.97. The van der Waals surface area contributed by atoms with Crippen molar-refractivity contribution in [2.45, 2.75) is 46.0 Å². The molecule has 0 bridgehead atoms. The van der Waals surface area contributed by atoms with E-state index in [0.717, 1.165) is 0 Å². The first-order valence-electron chi connectivity index (χ1n) is 5.97. The van der Waals surface area contributed by atoms with Gasteiger partial charge in [-0.05, 0) is 24.7 Å². The molecule has 1 amide bonds. The summed E-state index contributed by atoms with van der Waals surface area (Å²) < 4.78 is 0. The minimum absolute atomic E-state index is 0.0543. The summed E-state index contributed by atoms with van der Waals surface area (Å²) in [6.45, 7) is 4.61. The molecule has 0 unspecified atom stereocenters. The number of carbonyl (C=O) groups excluding carboxylic acids is 1. The molecule has 0 aliphatic carbocycles. The Morgan fingerprint density at radius 1 is 1.18 bits per heavy atom. The summed E-state index contributed by atoms with van der Waals surface area (Å²) in [5, 5.41) is 20.0. The lowest BCUT2D eigenvalue weighted by Crippen LogP contribution is -2.34. The van der Waals surface area contributed by atoms with Gasteiger partial charge in [0.1, 0.15) is 0 Å². The molecule has 0 aromatic rings. The Hall–Kier alpha value is -1.10. The van der Waals surface area contributed by atoms with E-state index in [1.54, 1.807) is 0 Å². The highest BCUT2D eigenvalue weighted by atomic mass is 16.4. The van der Waals surface area contributed by atoms with Crippen molar-refractivity contribution in [3.05, 3.63) is 0 Å². The van der Waals surface area contributed by atoms with Crippen molar-refractivity contribution in [2.24, 2.45) is 5.41 Å². The quantitative estimate of drug-likeness (QED) is 0.532. The van der Waals surface area contributed by atoms with E-state index < -0.39 is 5.97 Å². The van der Waals surface area contributed by atoms with Gasteiger partial charge in [-0.2, -0.15) is 0 Å². The summed E-state index contributed by atoms with van der Waals surface area (Å²) in [4.78, 5) is 21.7. The minimum Gasteiger partial charge on any atom is -0.481 e. The van der Waals surface area contributed by atoms with Gasteiger partial charge in [-0.25, -0.2) is 0 Å². The number of amides is 1. The van der Waals surface area contributed by atoms with Gasteiger partial charge in [0, 0.05) is 26.0 Å². The average Bonchev–Trinajstić information content (AvgIpc) is 2.21. The highest BCUT2D eigenvalue weighted by Crippen LogP contribution is 2.17. The molecule has 3 N–H and O–H groups in total. The predicted molar refractivity (Wildman–Crippen MR) is 64.6 cm³/mol. The number of rotatable bonds is 9. The van der Waals surface area contributed by atoms with Crippen molar-refractivity contribution in [1.82, 2.24) is 5.32 Å². The summed E-state index contributed by atoms with van der Waals surface area (Å²) in [7, 11) is 0. The molecule has 0 aromatic carbocycles. The van der Waals surface area contributed by atoms with Crippen molar-refractivity contribution < 1.29 is 19.8 Å². The molecule has 0 spiro atoms. The van der Waals surface area contributed by atoms with E-state index in [1.165, 1.54) is 0 Å². The molecule has 0 aliphatic rings. The third-order valence-corrected chi connectivity index (χ3v) is 2.60. The van der Waals surface area contributed by atoms with E-state index in [2.05, 4.69) is 5.32 Å². The largest absolute Gasteiger partial charge is 0.481 e. The Kier molecular flexibility index (Phi) is 7.54. The van der Waals surface area contributed by atoms with Gasteiger partial charge in [-0.3, -0.25) is 9.59 Å². The SMILES string of the molecule is CC(C)(CCO)CNC(=O)CCCCC(=O)O. The molecule has 0 rings (SSSR count). The minimum atomic E-state index is -0.825. The number of nitrogens with one attached hydrogen (secondary N) is 1. The second kappa shape index (κ2) is 8.06. The topological polar surface area (TPSA) is 86.6 Å². The summed E-state index contributed by atoms with van der Waals surface area (Å²) in [6.07, 6.45) is 2.25. The molecule has 100 valence electrons. The molecule has 0 saturated heterocycles. The maximum absolute atomic E-state index is 11.4. The van der Waals surface area contributed by atoms with E-state index in [9.17, 15) is 9.59 Å². The van der Waals surface area contributed by atoms with Gasteiger partial charge in [0.2, 0.25) is 5.91 Å². The lowest BCUT2D eigenvalue weighted by atomic mass is 9.90. The Morgan fingerprint density at radius 2 is 1.76 bits per heavy atom. The van der Waals surface area contributed by atoms with E-state index in [1.807, 2.05) is 13.8 Å². The molecule has 0 radical (unpaired) electrons. The van der Waals surface area contributed by atoms with E-state index in [-0.39, 0.29) is 24.3 Å². The lowest BCUT2D eigenvalue weighted by Gasteiger charge is -2.23. The van der Waals surface area contributed by atoms with Crippen molar-refractivity contribution in [3.8, 4) is 0 Å². The Morgan fingerprint density at radius 3 is 2.29 bits per heavy atom. The van der Waals surface area contributed by atoms with Crippen LogP contribution in [-0.2, 0) is 9.59 Å². The molecule has 0 aliphatic heterocycles. The number of hydrogen-bond donors (Lipinski definition) is 3. The van der Waals surface area contributed by atoms with Crippen LogP contribution >= 0.6 is 0 Å². The van der Waals surface area contributed by atoms with Crippen molar-refractivity contribution in [3.63, 3.8) is 0 Å². The first-order chi connectivity index (χ1) is 7.87. The zero-order valence-electron chi connectivity index (χ0n) is 10.7. The smallest absolute Gasteiger partial charge is 0.303 e. The molecular formula is C12H23NO4. The number of aliphatic hydroxyl groups is 1. The van der Waals surface area contributed by atoms with Gasteiger partial charge >= 0.3 is 5.97 Å². The second-order valence-electron chi connectivity index (χ2n) is 5.02. The lowest BCUT2D eigenvalue weighted by molar-refractivity contribution is -0.137. The molecule has 0 saturated carbocycles. The molecule has 0 aromatic heterocycles. The van der Waals surface area contributed by atoms with Crippen LogP contribution in [0.5, 0.6) is 0 Å². The zero-order chi connectivity index (χ0) is 13.3. The normalized spacial score (nSPS) is 11.2. The van der Waals surface area contributed by atoms with Crippen molar-refractivity contribution in [1.29, 1.82) is 0 Å². The summed E-state index contributed by atoms with van der Waals surface area (Å²) in [5.74, 6) is -0.879. The predicted octanol–water partition coefficient (Wildman–Crippen LogP) is 1.16. The standard InChI is InChI=1S/C12H23NO4/c1-12(2,7-8-14)9-13-10(15)5-3-4-6-11(16)17/h14H,3-9H2,1-2H3,(H,13,15)(H,16,17). The van der Waals surface area contributed by atoms with E-state index in [4.69, 9.17) is 10.2 Å². The zero-order valence-corrected chi connectivity index (χ0v) is 10.7. The van der Waals surface area contributed by atoms with Crippen LogP contribution in [0.4, 0.5) is 0 Å². The highest BCUT2D eigenvalue weighted by Gasteiger charge is 2.17. The van der Waals surface area contributed by atoms with Crippen molar-refractivity contribution in [2.75, 3.05) is 13.2 Å². The van der Waals surface area contributed by atoms with Crippen LogP contribution in [0.1, 0.15) is 46.0 Å². The Balaban J connectivity index is 3.62. The van der Waals surface area contributed by atoms with Gasteiger partial charge in [-0.15, -0.1) is 0 Å². The van der Waals surface area contributed by atoms with Gasteiger partial charge in [0.05, 0.1) is 0 Å². The summed E-state index contributed by atoms with van der Waals surface area (Å²) in [5.41, 5.74) is -0.106. The molecule has 0 fully saturated rings. The fourth-order valence-electron chi connectivity index (χ4n) is 1.38. The number of unbranched alkanes of at least 4 members (excludes halogenated alkanes) is 1. The van der Waals surface area contributed by atoms with Crippen LogP contribution in [0.15, 0.2) is 0 Å². The first kappa shape index (κ1) is 15.9. The number of carboxylic acid groups (broad SMARTS) is 1. The maximum atomic E-state index is 11.4. The fraction of sp³-hybridized carbons (Fsp3) is 0.833. The summed E-state index contributed by atoms with van der Waals surface area (Å²) in [6, 6.07) is 0. The van der Waals surface area contributed by atoms with Gasteiger partial charge in [-0.1, -0.05) is 13.8 Å². The van der Waals surface area contributed by atoms with E-state index in [0.29, 0.717) is 32.2 Å². The number of carbonyl (C=O) groups is 2. The van der Waals surface area contributed by atoms with Crippen LogP contribution in [0.2, 0.25) is 0 Å². The molecule has 5 nitrogen and oxygen atoms in total. The highest BCUT2D eigenvalue weighted by molar-refractivity contribution is 5.75. The number of aliphatic hydroxyl groups excluding tert-OH is 1. The number of aliphatic carboxylic acids is 1. The third kappa shape index (κ3) is 9.81. The van der Waals surface area contributed by atoms with Crippen molar-refractivity contribution >= 4 is 11.9 Å². The Bertz CT molecular complexity index is 251. The maximum Gasteiger partial charge on any atom is 0.303 e. The van der Waals surface area contributed by atoms with Crippen LogP contribution in [0.25, 0.3) is 0 Å². The van der Waals surface area contributed by atoms with Crippen LogP contribution in [-0.4, -0.2) is 35.2 Å².